The Labute approximate surface area is 201 Å². The van der Waals surface area contributed by atoms with E-state index in [1.54, 1.807) is 29.0 Å². The molecule has 12 heteroatoms. The lowest BCUT2D eigenvalue weighted by atomic mass is 10.0. The molecule has 0 fully saturated rings. The molecule has 0 radical (unpaired) electrons. The van der Waals surface area contributed by atoms with E-state index < -0.39 is 33.1 Å². The minimum absolute atomic E-state index is 0.0524. The van der Waals surface area contributed by atoms with E-state index in [0.29, 0.717) is 22.0 Å². The normalized spacial score (nSPS) is 11.7. The Bertz CT molecular complexity index is 1560. The summed E-state index contributed by atoms with van der Waals surface area (Å²) < 4.78 is 54.5. The van der Waals surface area contributed by atoms with Crippen LogP contribution in [-0.2, 0) is 10.0 Å². The predicted molar refractivity (Wildman–Crippen MR) is 124 cm³/mol. The number of sulfonamides is 1. The van der Waals surface area contributed by atoms with Crippen molar-refractivity contribution in [1.29, 1.82) is 0 Å². The van der Waals surface area contributed by atoms with E-state index >= 15 is 0 Å². The summed E-state index contributed by atoms with van der Waals surface area (Å²) in [7, 11) is -3.90. The number of aromatic nitrogens is 2. The summed E-state index contributed by atoms with van der Waals surface area (Å²) in [6.07, 6.45) is 0.765. The number of nitrogens with zero attached hydrogens (tertiary/aromatic N) is 2. The van der Waals surface area contributed by atoms with E-state index in [2.05, 4.69) is 5.10 Å². The van der Waals surface area contributed by atoms with Crippen LogP contribution in [0.5, 0.6) is 0 Å². The molecule has 1 N–H and O–H groups in total. The van der Waals surface area contributed by atoms with E-state index in [1.807, 2.05) is 0 Å². The summed E-state index contributed by atoms with van der Waals surface area (Å²) in [5.74, 6) is -2.70. The van der Waals surface area contributed by atoms with Crippen LogP contribution in [-0.4, -0.2) is 30.4 Å². The molecule has 0 aliphatic carbocycles. The minimum atomic E-state index is -3.90. The van der Waals surface area contributed by atoms with Crippen molar-refractivity contribution in [1.82, 2.24) is 14.5 Å². The molecular weight excluding hydrogens is 519 g/mol. The second-order valence-corrected chi connectivity index (χ2v) is 10.00. The van der Waals surface area contributed by atoms with Gasteiger partial charge in [0.2, 0.25) is 10.0 Å². The first-order valence-corrected chi connectivity index (χ1v) is 12.1. The van der Waals surface area contributed by atoms with Crippen LogP contribution in [0.15, 0.2) is 48.5 Å². The first kappa shape index (κ1) is 23.4. The summed E-state index contributed by atoms with van der Waals surface area (Å²) in [4.78, 5) is 12.0. The summed E-state index contributed by atoms with van der Waals surface area (Å²) in [6.45, 7) is 0. The van der Waals surface area contributed by atoms with Crippen molar-refractivity contribution in [3.05, 3.63) is 80.9 Å². The fourth-order valence-electron chi connectivity index (χ4n) is 3.25. The second-order valence-electron chi connectivity index (χ2n) is 7.05. The number of benzene rings is 3. The monoisotopic (exact) mass is 529 g/mol. The largest absolute Gasteiger partial charge is 0.268 e. The van der Waals surface area contributed by atoms with E-state index in [9.17, 15) is 22.0 Å². The number of halogens is 5. The first-order chi connectivity index (χ1) is 15.4. The number of nitrogens with one attached hydrogen (secondary N) is 1. The maximum Gasteiger partial charge on any atom is 0.267 e. The SMILES string of the molecule is CS(=O)(=O)NC(=O)c1cc(Cl)c(-n2nc(Cl)c3cc(-c4ccc(Cl)cc4F)ccc32)cc1F. The lowest BCUT2D eigenvalue weighted by Crippen LogP contribution is -2.30. The molecule has 0 bridgehead atoms. The van der Waals surface area contributed by atoms with Crippen molar-refractivity contribution in [3.63, 3.8) is 0 Å². The smallest absolute Gasteiger partial charge is 0.267 e. The minimum Gasteiger partial charge on any atom is -0.268 e. The van der Waals surface area contributed by atoms with Crippen LogP contribution < -0.4 is 4.72 Å². The quantitative estimate of drug-likeness (QED) is 0.371. The third-order valence-corrected chi connectivity index (χ3v) is 6.04. The molecule has 0 atom stereocenters. The van der Waals surface area contributed by atoms with E-state index in [1.165, 1.54) is 16.8 Å². The molecule has 1 amide bonds. The maximum absolute atomic E-state index is 14.7. The van der Waals surface area contributed by atoms with Gasteiger partial charge in [-0.15, -0.1) is 0 Å². The number of amides is 1. The molecule has 0 unspecified atom stereocenters. The van der Waals surface area contributed by atoms with E-state index in [4.69, 9.17) is 34.8 Å². The molecule has 0 aliphatic rings. The highest BCUT2D eigenvalue weighted by atomic mass is 35.5. The Kier molecular flexibility index (Phi) is 6.09. The van der Waals surface area contributed by atoms with Crippen LogP contribution in [0, 0.1) is 11.6 Å². The molecule has 0 aliphatic heterocycles. The second kappa shape index (κ2) is 8.57. The average molecular weight is 531 g/mol. The fraction of sp³-hybridized carbons (Fsp3) is 0.0476. The Balaban J connectivity index is 1.81. The number of hydrogen-bond donors (Lipinski definition) is 1. The standard InChI is InChI=1S/C21H12Cl3F2N3O3S/c1-33(31,32)28-21(30)13-8-15(23)19(9-17(13)26)29-18-5-2-10(6-14(18)20(24)27-29)12-4-3-11(22)7-16(12)25/h2-9H,1H3,(H,28,30). The van der Waals surface area contributed by atoms with Gasteiger partial charge < -0.3 is 0 Å². The van der Waals surface area contributed by atoms with Crippen molar-refractivity contribution >= 4 is 61.6 Å². The third kappa shape index (κ3) is 4.67. The third-order valence-electron chi connectivity index (χ3n) is 4.66. The van der Waals surface area contributed by atoms with Gasteiger partial charge >= 0.3 is 0 Å². The highest BCUT2D eigenvalue weighted by molar-refractivity contribution is 7.89. The molecule has 3 aromatic carbocycles. The highest BCUT2D eigenvalue weighted by Gasteiger charge is 2.21. The van der Waals surface area contributed by atoms with Gasteiger partial charge in [0.05, 0.1) is 28.0 Å². The lowest BCUT2D eigenvalue weighted by molar-refractivity contribution is 0.0978. The van der Waals surface area contributed by atoms with Gasteiger partial charge in [-0.1, -0.05) is 40.9 Å². The number of hydrogen-bond acceptors (Lipinski definition) is 4. The molecule has 0 saturated heterocycles. The Morgan fingerprint density at radius 3 is 2.39 bits per heavy atom. The van der Waals surface area contributed by atoms with Gasteiger partial charge in [0.1, 0.15) is 11.6 Å². The van der Waals surface area contributed by atoms with Gasteiger partial charge in [-0.3, -0.25) is 4.79 Å². The van der Waals surface area contributed by atoms with Gasteiger partial charge in [-0.2, -0.15) is 5.10 Å². The fourth-order valence-corrected chi connectivity index (χ4v) is 4.33. The summed E-state index contributed by atoms with van der Waals surface area (Å²) in [5.41, 5.74) is 0.760. The Morgan fingerprint density at radius 1 is 1.00 bits per heavy atom. The van der Waals surface area contributed by atoms with Gasteiger partial charge in [-0.05, 0) is 42.0 Å². The van der Waals surface area contributed by atoms with Crippen molar-refractivity contribution < 1.29 is 22.0 Å². The van der Waals surface area contributed by atoms with E-state index in [-0.39, 0.29) is 20.9 Å². The molecule has 1 heterocycles. The zero-order valence-electron chi connectivity index (χ0n) is 16.5. The lowest BCUT2D eigenvalue weighted by Gasteiger charge is -2.10. The van der Waals surface area contributed by atoms with Gasteiger partial charge in [-0.25, -0.2) is 26.6 Å². The molecule has 0 saturated carbocycles. The highest BCUT2D eigenvalue weighted by Crippen LogP contribution is 2.34. The van der Waals surface area contributed by atoms with Crippen molar-refractivity contribution in [2.45, 2.75) is 0 Å². The number of carbonyl (C=O) groups excluding carboxylic acids is 1. The first-order valence-electron chi connectivity index (χ1n) is 9.10. The van der Waals surface area contributed by atoms with Crippen LogP contribution in [0.25, 0.3) is 27.7 Å². The number of carbonyl (C=O) groups is 1. The zero-order valence-corrected chi connectivity index (χ0v) is 19.6. The van der Waals surface area contributed by atoms with Crippen LogP contribution in [0.3, 0.4) is 0 Å². The van der Waals surface area contributed by atoms with Crippen LogP contribution >= 0.6 is 34.8 Å². The van der Waals surface area contributed by atoms with Crippen LogP contribution in [0.4, 0.5) is 8.78 Å². The molecule has 1 aromatic heterocycles. The van der Waals surface area contributed by atoms with Crippen molar-refractivity contribution in [3.8, 4) is 16.8 Å². The molecule has 0 spiro atoms. The van der Waals surface area contributed by atoms with Gasteiger partial charge in [0.15, 0.2) is 5.15 Å². The van der Waals surface area contributed by atoms with Gasteiger partial charge in [0.25, 0.3) is 5.91 Å². The number of fused-ring (bicyclic) bond motifs is 1. The van der Waals surface area contributed by atoms with E-state index in [0.717, 1.165) is 18.4 Å². The maximum atomic E-state index is 14.7. The molecular formula is C21H12Cl3F2N3O3S. The van der Waals surface area contributed by atoms with Crippen LogP contribution in [0.2, 0.25) is 15.2 Å². The van der Waals surface area contributed by atoms with Crippen molar-refractivity contribution in [2.75, 3.05) is 6.26 Å². The molecule has 33 heavy (non-hydrogen) atoms. The van der Waals surface area contributed by atoms with Crippen LogP contribution in [0.1, 0.15) is 10.4 Å². The summed E-state index contributed by atoms with van der Waals surface area (Å²) in [5, 5.41) is 4.86. The Morgan fingerprint density at radius 2 is 1.73 bits per heavy atom. The zero-order chi connectivity index (χ0) is 24.1. The molecule has 170 valence electrons. The van der Waals surface area contributed by atoms with Crippen molar-refractivity contribution in [2.24, 2.45) is 0 Å². The summed E-state index contributed by atoms with van der Waals surface area (Å²) >= 11 is 18.4. The molecule has 4 aromatic rings. The molecule has 6 nitrogen and oxygen atoms in total. The van der Waals surface area contributed by atoms with Gasteiger partial charge in [0, 0.05) is 22.0 Å². The number of rotatable bonds is 4. The molecule has 4 rings (SSSR count). The summed E-state index contributed by atoms with van der Waals surface area (Å²) in [6, 6.07) is 11.1. The Hall–Kier alpha value is -2.72. The topological polar surface area (TPSA) is 81.1 Å². The predicted octanol–water partition coefficient (Wildman–Crippen LogP) is 5.62. The average Bonchev–Trinajstić information content (AvgIpc) is 3.04.